The largest absolute Gasteiger partial charge is 0.399 e. The number of nitrogens with zero attached hydrogens (tertiary/aromatic N) is 2. The molecule has 1 saturated heterocycles. The number of para-hydroxylation sites is 1. The molecule has 0 radical (unpaired) electrons. The molecule has 0 atom stereocenters. The summed E-state index contributed by atoms with van der Waals surface area (Å²) in [5.74, 6) is 0.0810. The Bertz CT molecular complexity index is 671. The van der Waals surface area contributed by atoms with Crippen LogP contribution in [0, 0.1) is 6.92 Å². The number of carbonyl (C=O) groups is 1. The van der Waals surface area contributed by atoms with Crippen molar-refractivity contribution in [1.82, 2.24) is 4.90 Å². The average Bonchev–Trinajstić information content (AvgIpc) is 2.57. The summed E-state index contributed by atoms with van der Waals surface area (Å²) in [5, 5.41) is 0. The van der Waals surface area contributed by atoms with Crippen molar-refractivity contribution in [3.8, 4) is 0 Å². The Kier molecular flexibility index (Phi) is 7.39. The van der Waals surface area contributed by atoms with Crippen LogP contribution in [0.5, 0.6) is 0 Å². The minimum atomic E-state index is 0. The van der Waals surface area contributed by atoms with Gasteiger partial charge in [0.05, 0.1) is 0 Å². The van der Waals surface area contributed by atoms with Crippen LogP contribution in [0.25, 0.3) is 0 Å². The van der Waals surface area contributed by atoms with Gasteiger partial charge in [-0.15, -0.1) is 24.8 Å². The number of benzene rings is 2. The molecular weight excluding hydrogens is 345 g/mol. The van der Waals surface area contributed by atoms with Crippen molar-refractivity contribution in [1.29, 1.82) is 0 Å². The van der Waals surface area contributed by atoms with E-state index in [1.165, 1.54) is 5.69 Å². The van der Waals surface area contributed by atoms with Crippen LogP contribution in [0.1, 0.15) is 15.9 Å². The van der Waals surface area contributed by atoms with Crippen LogP contribution in [0.3, 0.4) is 0 Å². The summed E-state index contributed by atoms with van der Waals surface area (Å²) in [6, 6.07) is 15.8. The van der Waals surface area contributed by atoms with Gasteiger partial charge in [0.1, 0.15) is 0 Å². The van der Waals surface area contributed by atoms with E-state index < -0.39 is 0 Å². The van der Waals surface area contributed by atoms with Gasteiger partial charge in [-0.05, 0) is 36.8 Å². The number of aryl methyl sites for hydroxylation is 1. The number of nitrogen functional groups attached to an aromatic ring is 1. The van der Waals surface area contributed by atoms with Gasteiger partial charge in [-0.25, -0.2) is 0 Å². The molecule has 1 amide bonds. The van der Waals surface area contributed by atoms with E-state index >= 15 is 0 Å². The Morgan fingerprint density at radius 3 is 2.21 bits per heavy atom. The molecule has 24 heavy (non-hydrogen) atoms. The van der Waals surface area contributed by atoms with Crippen LogP contribution in [-0.2, 0) is 0 Å². The van der Waals surface area contributed by atoms with Crippen LogP contribution in [0.4, 0.5) is 11.4 Å². The SMILES string of the molecule is Cc1ccc(N)cc1C(=O)N1CCN(c2ccccc2)CC1.Cl.Cl. The Morgan fingerprint density at radius 2 is 1.58 bits per heavy atom. The summed E-state index contributed by atoms with van der Waals surface area (Å²) in [6.07, 6.45) is 0. The molecule has 3 rings (SSSR count). The zero-order valence-electron chi connectivity index (χ0n) is 13.6. The zero-order chi connectivity index (χ0) is 15.5. The highest BCUT2D eigenvalue weighted by Gasteiger charge is 2.23. The molecule has 1 aliphatic rings. The Hall–Kier alpha value is -1.91. The maximum atomic E-state index is 12.7. The van der Waals surface area contributed by atoms with E-state index in [2.05, 4.69) is 17.0 Å². The summed E-state index contributed by atoms with van der Waals surface area (Å²) in [4.78, 5) is 16.9. The molecule has 0 bridgehead atoms. The molecule has 0 saturated carbocycles. The van der Waals surface area contributed by atoms with Crippen molar-refractivity contribution in [2.24, 2.45) is 0 Å². The first-order valence-electron chi connectivity index (χ1n) is 7.60. The predicted octanol–water partition coefficient (Wildman–Crippen LogP) is 3.38. The van der Waals surface area contributed by atoms with E-state index in [4.69, 9.17) is 5.73 Å². The molecule has 2 aromatic rings. The van der Waals surface area contributed by atoms with Crippen molar-refractivity contribution in [2.75, 3.05) is 36.8 Å². The van der Waals surface area contributed by atoms with E-state index in [1.807, 2.05) is 42.2 Å². The topological polar surface area (TPSA) is 49.6 Å². The number of hydrogen-bond donors (Lipinski definition) is 1. The number of nitrogens with two attached hydrogens (primary N) is 1. The predicted molar refractivity (Wildman–Crippen MR) is 105 cm³/mol. The van der Waals surface area contributed by atoms with Gasteiger partial charge in [-0.2, -0.15) is 0 Å². The number of anilines is 2. The number of amides is 1. The number of hydrogen-bond acceptors (Lipinski definition) is 3. The quantitative estimate of drug-likeness (QED) is 0.827. The summed E-state index contributed by atoms with van der Waals surface area (Å²) in [7, 11) is 0. The Balaban J connectivity index is 0.00000144. The first kappa shape index (κ1) is 20.1. The molecule has 6 heteroatoms. The highest BCUT2D eigenvalue weighted by molar-refractivity contribution is 5.96. The van der Waals surface area contributed by atoms with Crippen molar-refractivity contribution < 1.29 is 4.79 Å². The summed E-state index contributed by atoms with van der Waals surface area (Å²) >= 11 is 0. The highest BCUT2D eigenvalue weighted by Crippen LogP contribution is 2.19. The first-order chi connectivity index (χ1) is 10.6. The summed E-state index contributed by atoms with van der Waals surface area (Å²) in [5.41, 5.74) is 9.36. The van der Waals surface area contributed by atoms with Crippen LogP contribution < -0.4 is 10.6 Å². The monoisotopic (exact) mass is 367 g/mol. The Labute approximate surface area is 155 Å². The molecule has 2 N–H and O–H groups in total. The van der Waals surface area contributed by atoms with Gasteiger partial charge in [-0.3, -0.25) is 4.79 Å². The summed E-state index contributed by atoms with van der Waals surface area (Å²) in [6.45, 7) is 5.14. The van der Waals surface area contributed by atoms with Gasteiger partial charge >= 0.3 is 0 Å². The number of rotatable bonds is 2. The molecule has 4 nitrogen and oxygen atoms in total. The maximum absolute atomic E-state index is 12.7. The second-order valence-electron chi connectivity index (χ2n) is 5.69. The van der Waals surface area contributed by atoms with E-state index in [9.17, 15) is 4.79 Å². The highest BCUT2D eigenvalue weighted by atomic mass is 35.5. The third kappa shape index (κ3) is 4.34. The number of piperazine rings is 1. The van der Waals surface area contributed by atoms with Crippen molar-refractivity contribution in [3.63, 3.8) is 0 Å². The van der Waals surface area contributed by atoms with E-state index in [1.54, 1.807) is 6.07 Å². The molecule has 130 valence electrons. The molecule has 0 spiro atoms. The number of carbonyl (C=O) groups excluding carboxylic acids is 1. The van der Waals surface area contributed by atoms with Crippen molar-refractivity contribution >= 4 is 42.1 Å². The molecular formula is C18H23Cl2N3O. The lowest BCUT2D eigenvalue weighted by Gasteiger charge is -2.36. The second kappa shape index (κ2) is 8.81. The van der Waals surface area contributed by atoms with Gasteiger partial charge < -0.3 is 15.5 Å². The van der Waals surface area contributed by atoms with Gasteiger partial charge in [0, 0.05) is 43.1 Å². The standard InChI is InChI=1S/C18H21N3O.2ClH/c1-14-7-8-15(19)13-17(14)18(22)21-11-9-20(10-12-21)16-5-3-2-4-6-16;;/h2-8,13H,9-12,19H2,1H3;2*1H. The van der Waals surface area contributed by atoms with Gasteiger partial charge in [0.15, 0.2) is 0 Å². The Morgan fingerprint density at radius 1 is 0.958 bits per heavy atom. The minimum Gasteiger partial charge on any atom is -0.399 e. The second-order valence-corrected chi connectivity index (χ2v) is 5.69. The fourth-order valence-electron chi connectivity index (χ4n) is 2.85. The molecule has 1 heterocycles. The lowest BCUT2D eigenvalue weighted by Crippen LogP contribution is -2.48. The zero-order valence-corrected chi connectivity index (χ0v) is 15.3. The lowest BCUT2D eigenvalue weighted by atomic mass is 10.1. The van der Waals surface area contributed by atoms with Gasteiger partial charge in [0.2, 0.25) is 0 Å². The van der Waals surface area contributed by atoms with Gasteiger partial charge in [-0.1, -0.05) is 24.3 Å². The molecule has 0 aromatic heterocycles. The first-order valence-corrected chi connectivity index (χ1v) is 7.60. The molecule has 0 unspecified atom stereocenters. The lowest BCUT2D eigenvalue weighted by molar-refractivity contribution is 0.0746. The molecule has 0 aliphatic carbocycles. The fraction of sp³-hybridized carbons (Fsp3) is 0.278. The van der Waals surface area contributed by atoms with E-state index in [0.29, 0.717) is 11.3 Å². The van der Waals surface area contributed by atoms with Crippen LogP contribution in [-0.4, -0.2) is 37.0 Å². The smallest absolute Gasteiger partial charge is 0.254 e. The third-order valence-corrected chi connectivity index (χ3v) is 4.18. The average molecular weight is 368 g/mol. The van der Waals surface area contributed by atoms with Crippen LogP contribution >= 0.6 is 24.8 Å². The van der Waals surface area contributed by atoms with E-state index in [-0.39, 0.29) is 30.7 Å². The minimum absolute atomic E-state index is 0. The third-order valence-electron chi connectivity index (χ3n) is 4.18. The van der Waals surface area contributed by atoms with Gasteiger partial charge in [0.25, 0.3) is 5.91 Å². The van der Waals surface area contributed by atoms with Crippen molar-refractivity contribution in [3.05, 3.63) is 59.7 Å². The fourth-order valence-corrected chi connectivity index (χ4v) is 2.85. The summed E-state index contributed by atoms with van der Waals surface area (Å²) < 4.78 is 0. The number of halogens is 2. The molecule has 2 aromatic carbocycles. The van der Waals surface area contributed by atoms with Crippen molar-refractivity contribution in [2.45, 2.75) is 6.92 Å². The normalized spacial score (nSPS) is 13.7. The maximum Gasteiger partial charge on any atom is 0.254 e. The molecule has 1 fully saturated rings. The van der Waals surface area contributed by atoms with Crippen LogP contribution in [0.15, 0.2) is 48.5 Å². The van der Waals surface area contributed by atoms with Crippen LogP contribution in [0.2, 0.25) is 0 Å². The molecule has 1 aliphatic heterocycles. The van der Waals surface area contributed by atoms with E-state index in [0.717, 1.165) is 31.7 Å².